The summed E-state index contributed by atoms with van der Waals surface area (Å²) in [6, 6.07) is -6.62. The summed E-state index contributed by atoms with van der Waals surface area (Å²) in [5.41, 5.74) is 0. The smallest absolute Gasteiger partial charge is 0.364 e. The van der Waals surface area contributed by atoms with Crippen LogP contribution in [0.5, 0.6) is 0 Å². The SMILES string of the molecule is CCCCCCCC/C=C\CCCCCCCCCCCCCC(=O)N[C@@H](CO[C@@H]1OC(CO)[C@@H](O[C@@H]2OC(CO[C@@H]3OC(CO)[C@@H](O[C@@H]4OC(CO)[C@H](O)[C@H](O)C4O)[C@H](O)C3NC(C)=O)[C@H](O)[C@H](O[C@@H]3OC(CO)[C@@H](O[C@@H]4OC(CO[C@]5(C(=O)O)CC(O)[C@@H](NC(C)=O)C([C@H](O)[C@H](O)CO)O5)[C@H](O)[C@H](O)C4O)[C@H](O)C3NC(C)=O)C2O)[C@H](O)C1O)[C@H](O)/C=C/CCCCCCCCCCCCC. The van der Waals surface area contributed by atoms with Gasteiger partial charge in [0, 0.05) is 33.6 Å². The Morgan fingerprint density at radius 3 is 1.22 bits per heavy atom. The molecular weight excluding hydrogens is 1830 g/mol. The summed E-state index contributed by atoms with van der Waals surface area (Å²) < 4.78 is 83.6. The molecule has 7 heterocycles. The highest BCUT2D eigenvalue weighted by Gasteiger charge is 2.61. The summed E-state index contributed by atoms with van der Waals surface area (Å²) in [5.74, 6) is -8.14. The molecule has 4 amide bonds. The summed E-state index contributed by atoms with van der Waals surface area (Å²) in [4.78, 5) is 65.3. The predicted molar refractivity (Wildman–Crippen MR) is 483 cm³/mol. The van der Waals surface area contributed by atoms with Crippen LogP contribution in [0.2, 0.25) is 0 Å². The maximum absolute atomic E-state index is 13.8. The average Bonchev–Trinajstić information content (AvgIpc) is 0.769. The van der Waals surface area contributed by atoms with Gasteiger partial charge in [-0.25, -0.2) is 4.79 Å². The van der Waals surface area contributed by atoms with Gasteiger partial charge in [0.25, 0.3) is 5.79 Å². The topological polar surface area (TPSA) is 708 Å². The van der Waals surface area contributed by atoms with Crippen LogP contribution < -0.4 is 21.3 Å². The number of aliphatic hydroxyl groups is 21. The molecule has 38 atom stereocenters. The highest BCUT2D eigenvalue weighted by atomic mass is 16.8. The Labute approximate surface area is 806 Å². The van der Waals surface area contributed by atoms with E-state index in [1.54, 1.807) is 6.08 Å². The molecule has 7 fully saturated rings. The number of amides is 4. The van der Waals surface area contributed by atoms with Gasteiger partial charge >= 0.3 is 5.97 Å². The molecule has 802 valence electrons. The van der Waals surface area contributed by atoms with Crippen molar-refractivity contribution in [2.45, 2.75) is 479 Å². The number of hydrogen-bond acceptors (Lipinski definition) is 40. The number of nitrogens with one attached hydrogen (secondary N) is 4. The minimum atomic E-state index is -3.06. The van der Waals surface area contributed by atoms with Crippen LogP contribution >= 0.6 is 0 Å². The fourth-order valence-corrected chi connectivity index (χ4v) is 18.2. The van der Waals surface area contributed by atoms with Crippen molar-refractivity contribution in [3.05, 3.63) is 24.3 Å². The van der Waals surface area contributed by atoms with E-state index >= 15 is 0 Å². The van der Waals surface area contributed by atoms with Gasteiger partial charge in [-0.05, 0) is 44.9 Å². The Hall–Kier alpha value is -4.57. The largest absolute Gasteiger partial charge is 0.477 e. The number of carboxylic acid groups (broad SMARTS) is 1. The van der Waals surface area contributed by atoms with Crippen LogP contribution in [0.3, 0.4) is 0 Å². The lowest BCUT2D eigenvalue weighted by Gasteiger charge is -2.50. The van der Waals surface area contributed by atoms with E-state index in [2.05, 4.69) is 47.3 Å². The van der Waals surface area contributed by atoms with Crippen LogP contribution in [-0.2, 0) is 90.3 Å². The highest BCUT2D eigenvalue weighted by molar-refractivity contribution is 5.77. The average molecular weight is 1990 g/mol. The molecule has 0 aliphatic carbocycles. The molecule has 0 spiro atoms. The normalized spacial score (nSPS) is 36.3. The van der Waals surface area contributed by atoms with Gasteiger partial charge in [-0.1, -0.05) is 192 Å². The van der Waals surface area contributed by atoms with Crippen molar-refractivity contribution in [2.75, 3.05) is 52.9 Å². The molecule has 7 rings (SSSR count). The van der Waals surface area contributed by atoms with E-state index in [1.807, 2.05) is 0 Å². The Morgan fingerprint density at radius 2 is 0.761 bits per heavy atom. The number of unbranched alkanes of at least 4 members (excludes halogenated alkanes) is 28. The van der Waals surface area contributed by atoms with Crippen LogP contribution in [0, 0.1) is 0 Å². The molecule has 7 saturated heterocycles. The Morgan fingerprint density at radius 1 is 0.384 bits per heavy atom. The number of ether oxygens (including phenoxy) is 14. The van der Waals surface area contributed by atoms with E-state index in [4.69, 9.17) is 66.3 Å². The van der Waals surface area contributed by atoms with Crippen LogP contribution in [0.25, 0.3) is 0 Å². The second-order valence-electron chi connectivity index (χ2n) is 37.5. The number of carbonyl (C=O) groups excluding carboxylic acids is 4. The van der Waals surface area contributed by atoms with Crippen molar-refractivity contribution in [1.82, 2.24) is 21.3 Å². The number of aliphatic carboxylic acids is 1. The zero-order chi connectivity index (χ0) is 101. The van der Waals surface area contributed by atoms with Gasteiger partial charge in [0.05, 0.1) is 77.1 Å². The highest BCUT2D eigenvalue weighted by Crippen LogP contribution is 2.40. The van der Waals surface area contributed by atoms with E-state index in [0.29, 0.717) is 12.8 Å². The van der Waals surface area contributed by atoms with Crippen molar-refractivity contribution in [3.63, 3.8) is 0 Å². The number of carboxylic acids is 1. The van der Waals surface area contributed by atoms with Gasteiger partial charge in [0.1, 0.15) is 165 Å². The van der Waals surface area contributed by atoms with E-state index < -0.39 is 321 Å². The monoisotopic (exact) mass is 1990 g/mol. The third-order valence-electron chi connectivity index (χ3n) is 26.4. The van der Waals surface area contributed by atoms with E-state index in [-0.39, 0.29) is 6.42 Å². The first-order valence-corrected chi connectivity index (χ1v) is 49.7. The Kier molecular flexibility index (Phi) is 55.0. The first-order chi connectivity index (χ1) is 66.0. The molecule has 0 saturated carbocycles. The number of allylic oxidation sites excluding steroid dienone is 3. The van der Waals surface area contributed by atoms with Crippen molar-refractivity contribution >= 4 is 29.6 Å². The molecule has 138 heavy (non-hydrogen) atoms. The van der Waals surface area contributed by atoms with Gasteiger partial charge in [-0.15, -0.1) is 0 Å². The summed E-state index contributed by atoms with van der Waals surface area (Å²) in [7, 11) is 0. The van der Waals surface area contributed by atoms with Crippen molar-refractivity contribution in [2.24, 2.45) is 0 Å². The van der Waals surface area contributed by atoms with E-state index in [9.17, 15) is 136 Å². The molecule has 7 aliphatic rings. The molecular formula is C93H164N4O41. The maximum Gasteiger partial charge on any atom is 0.364 e. The third kappa shape index (κ3) is 36.5. The van der Waals surface area contributed by atoms with Crippen LogP contribution in [-0.4, -0.2) is 427 Å². The number of rotatable bonds is 64. The van der Waals surface area contributed by atoms with Gasteiger partial charge in [0.2, 0.25) is 23.6 Å². The van der Waals surface area contributed by atoms with E-state index in [0.717, 1.165) is 97.8 Å². The van der Waals surface area contributed by atoms with E-state index in [1.165, 1.54) is 115 Å². The molecule has 7 aliphatic heterocycles. The maximum atomic E-state index is 13.8. The van der Waals surface area contributed by atoms with Gasteiger partial charge in [-0.2, -0.15) is 0 Å². The molecule has 0 bridgehead atoms. The van der Waals surface area contributed by atoms with Crippen LogP contribution in [0.1, 0.15) is 247 Å². The summed E-state index contributed by atoms with van der Waals surface area (Å²) in [5, 5.41) is 257. The molecule has 0 aromatic heterocycles. The fourth-order valence-electron chi connectivity index (χ4n) is 18.2. The molecule has 14 unspecified atom stereocenters. The summed E-state index contributed by atoms with van der Waals surface area (Å²) in [6.45, 7) is -0.793. The van der Waals surface area contributed by atoms with Crippen molar-refractivity contribution in [1.29, 1.82) is 0 Å². The molecule has 26 N–H and O–H groups in total. The van der Waals surface area contributed by atoms with Crippen molar-refractivity contribution < 1.29 is 203 Å². The lowest BCUT2D eigenvalue weighted by Crippen LogP contribution is -2.70. The molecule has 0 radical (unpaired) electrons. The fraction of sp³-hybridized carbons (Fsp3) is 0.903. The second kappa shape index (κ2) is 63.1. The molecule has 0 aromatic carbocycles. The third-order valence-corrected chi connectivity index (χ3v) is 26.4. The van der Waals surface area contributed by atoms with Crippen LogP contribution in [0.4, 0.5) is 0 Å². The standard InChI is InChI=1S/C93H164N4O41/c1-6-8-10-12-14-16-18-20-21-22-23-24-25-26-27-29-31-33-35-37-39-41-64(109)97-54(55(106)40-38-36-34-32-30-28-19-17-15-13-11-9-7-2)48-125-88-79(121)76(118)83(61(47-102)131-88)136-91-80(122)85(71(113)62(132-91)49-126-86-66(95-52(4)104)72(114)81(59(45-100)129-86)134-89-77(119)74(116)69(111)58(44-99)128-89)137-87-67(96-53(5)105)73(115)82(60(46-101)130-87)135-90-78(120)75(117)70(112)63(133-90)50-127-93(92(123)124)42-56(107)65(94-51(3)103)84(138-93)68(110)57(108)43-98/h20-21,38,40,54-63,65-91,98-102,106-108,110-122H,6-19,22-37,39,41-50H2,1-5H3,(H,94,103)(H,95,104)(H,96,105)(H,97,109)(H,123,124)/b21-20-,40-38+/t54-,55+,56?,57+,58?,59?,60?,61?,62?,63?,65+,66?,67?,68+,69-,70-,71-,72+,73+,74-,75-,76+,77?,78?,79?,80?,81+,82+,83+,84?,85-,86+,87-,88+,89-,90-,91-,93+/m0/s1. The summed E-state index contributed by atoms with van der Waals surface area (Å²) >= 11 is 0. The summed E-state index contributed by atoms with van der Waals surface area (Å²) in [6.07, 6.45) is -26.1. The second-order valence-corrected chi connectivity index (χ2v) is 37.5. The molecule has 0 aromatic rings. The lowest BCUT2D eigenvalue weighted by atomic mass is 9.88. The van der Waals surface area contributed by atoms with Crippen molar-refractivity contribution in [3.8, 4) is 0 Å². The zero-order valence-corrected chi connectivity index (χ0v) is 80.3. The first-order valence-electron chi connectivity index (χ1n) is 49.7. The van der Waals surface area contributed by atoms with Gasteiger partial charge in [-0.3, -0.25) is 19.2 Å². The molecule has 45 heteroatoms. The number of carbonyl (C=O) groups is 5. The molecule has 45 nitrogen and oxygen atoms in total. The Bertz CT molecular complexity index is 3460. The van der Waals surface area contributed by atoms with Gasteiger partial charge < -0.3 is 200 Å². The van der Waals surface area contributed by atoms with Gasteiger partial charge in [0.15, 0.2) is 37.7 Å². The number of aliphatic hydroxyl groups excluding tert-OH is 21. The minimum absolute atomic E-state index is 0.105. The van der Waals surface area contributed by atoms with Crippen LogP contribution in [0.15, 0.2) is 24.3 Å². The predicted octanol–water partition coefficient (Wildman–Crippen LogP) is -3.13. The first kappa shape index (κ1) is 120. The minimum Gasteiger partial charge on any atom is -0.477 e. The number of hydrogen-bond donors (Lipinski definition) is 26. The quantitative estimate of drug-likeness (QED) is 0.0211. The Balaban J connectivity index is 1.09. The zero-order valence-electron chi connectivity index (χ0n) is 80.3. The lowest BCUT2D eigenvalue weighted by molar-refractivity contribution is -0.386.